The molecule has 6 nitrogen and oxygen atoms in total. The van der Waals surface area contributed by atoms with E-state index in [1.54, 1.807) is 6.92 Å². The van der Waals surface area contributed by atoms with Gasteiger partial charge in [-0.1, -0.05) is 13.8 Å². The SMILES string of the molecule is CC(C)C[C@H](NC(=O)CNC(=O)C(C)c1ccsc1)C(=O)O. The summed E-state index contributed by atoms with van der Waals surface area (Å²) in [4.78, 5) is 34.8. The molecule has 0 bridgehead atoms. The summed E-state index contributed by atoms with van der Waals surface area (Å²) in [5.41, 5.74) is 0.895. The minimum Gasteiger partial charge on any atom is -0.480 e. The van der Waals surface area contributed by atoms with Gasteiger partial charge in [-0.05, 0) is 41.7 Å². The molecule has 1 aromatic rings. The molecule has 22 heavy (non-hydrogen) atoms. The lowest BCUT2D eigenvalue weighted by Crippen LogP contribution is -2.46. The Labute approximate surface area is 133 Å². The van der Waals surface area contributed by atoms with Gasteiger partial charge in [0.2, 0.25) is 11.8 Å². The van der Waals surface area contributed by atoms with E-state index < -0.39 is 17.9 Å². The van der Waals surface area contributed by atoms with Crippen LogP contribution in [0.25, 0.3) is 0 Å². The van der Waals surface area contributed by atoms with E-state index in [0.717, 1.165) is 5.56 Å². The van der Waals surface area contributed by atoms with Crippen LogP contribution in [0.15, 0.2) is 16.8 Å². The highest BCUT2D eigenvalue weighted by atomic mass is 32.1. The summed E-state index contributed by atoms with van der Waals surface area (Å²) in [6, 6.07) is 0.927. The number of nitrogens with one attached hydrogen (secondary N) is 2. The fourth-order valence-corrected chi connectivity index (χ4v) is 2.69. The smallest absolute Gasteiger partial charge is 0.326 e. The Bertz CT molecular complexity index is 514. The van der Waals surface area contributed by atoms with Crippen molar-refractivity contribution < 1.29 is 19.5 Å². The predicted molar refractivity (Wildman–Crippen MR) is 84.8 cm³/mol. The first-order chi connectivity index (χ1) is 10.3. The molecule has 1 heterocycles. The third kappa shape index (κ3) is 5.85. The molecule has 7 heteroatoms. The fraction of sp³-hybridized carbons (Fsp3) is 0.533. The van der Waals surface area contributed by atoms with E-state index in [-0.39, 0.29) is 24.3 Å². The van der Waals surface area contributed by atoms with Gasteiger partial charge in [-0.25, -0.2) is 4.79 Å². The molecule has 0 saturated carbocycles. The number of carbonyl (C=O) groups is 3. The molecule has 2 atom stereocenters. The number of carboxylic acids is 1. The van der Waals surface area contributed by atoms with Gasteiger partial charge < -0.3 is 15.7 Å². The highest BCUT2D eigenvalue weighted by molar-refractivity contribution is 7.08. The van der Waals surface area contributed by atoms with Gasteiger partial charge in [-0.2, -0.15) is 11.3 Å². The quantitative estimate of drug-likeness (QED) is 0.676. The summed E-state index contributed by atoms with van der Waals surface area (Å²) in [7, 11) is 0. The predicted octanol–water partition coefficient (Wildman–Crippen LogP) is 1.58. The van der Waals surface area contributed by atoms with Crippen LogP contribution in [0.2, 0.25) is 0 Å². The van der Waals surface area contributed by atoms with Crippen LogP contribution in [-0.2, 0) is 14.4 Å². The first kappa shape index (κ1) is 18.2. The van der Waals surface area contributed by atoms with E-state index >= 15 is 0 Å². The lowest BCUT2D eigenvalue weighted by Gasteiger charge is -2.17. The average molecular weight is 326 g/mol. The maximum Gasteiger partial charge on any atom is 0.326 e. The Balaban J connectivity index is 2.44. The molecule has 0 aliphatic rings. The van der Waals surface area contributed by atoms with Gasteiger partial charge in [-0.3, -0.25) is 9.59 Å². The Morgan fingerprint density at radius 2 is 1.95 bits per heavy atom. The van der Waals surface area contributed by atoms with Crippen molar-refractivity contribution in [1.29, 1.82) is 0 Å². The molecule has 0 spiro atoms. The normalized spacial score (nSPS) is 13.5. The summed E-state index contributed by atoms with van der Waals surface area (Å²) in [6.45, 7) is 5.29. The van der Waals surface area contributed by atoms with Crippen molar-refractivity contribution in [3.05, 3.63) is 22.4 Å². The highest BCUT2D eigenvalue weighted by Gasteiger charge is 2.22. The van der Waals surface area contributed by atoms with E-state index in [4.69, 9.17) is 5.11 Å². The van der Waals surface area contributed by atoms with Gasteiger partial charge in [0, 0.05) is 0 Å². The van der Waals surface area contributed by atoms with E-state index in [9.17, 15) is 14.4 Å². The molecule has 0 saturated heterocycles. The lowest BCUT2D eigenvalue weighted by molar-refractivity contribution is -0.142. The van der Waals surface area contributed by atoms with Crippen LogP contribution in [0.4, 0.5) is 0 Å². The Morgan fingerprint density at radius 3 is 2.45 bits per heavy atom. The zero-order chi connectivity index (χ0) is 16.7. The van der Waals surface area contributed by atoms with Gasteiger partial charge in [0.25, 0.3) is 0 Å². The minimum atomic E-state index is -1.07. The number of carbonyl (C=O) groups excluding carboxylic acids is 2. The van der Waals surface area contributed by atoms with Crippen molar-refractivity contribution in [2.75, 3.05) is 6.54 Å². The molecule has 1 unspecified atom stereocenters. The number of rotatable bonds is 8. The Morgan fingerprint density at radius 1 is 1.27 bits per heavy atom. The molecule has 122 valence electrons. The highest BCUT2D eigenvalue weighted by Crippen LogP contribution is 2.17. The molecular formula is C15H22N2O4S. The van der Waals surface area contributed by atoms with Gasteiger partial charge >= 0.3 is 5.97 Å². The fourth-order valence-electron chi connectivity index (χ4n) is 1.93. The standard InChI is InChI=1S/C15H22N2O4S/c1-9(2)6-12(15(20)21)17-13(18)7-16-14(19)10(3)11-4-5-22-8-11/h4-5,8-10,12H,6-7H2,1-3H3,(H,16,19)(H,17,18)(H,20,21)/t10?,12-/m0/s1. The second kappa shape index (κ2) is 8.53. The molecular weight excluding hydrogens is 304 g/mol. The molecule has 0 aliphatic carbocycles. The molecule has 0 aromatic carbocycles. The van der Waals surface area contributed by atoms with Gasteiger partial charge in [-0.15, -0.1) is 0 Å². The van der Waals surface area contributed by atoms with Crippen molar-refractivity contribution >= 4 is 29.1 Å². The van der Waals surface area contributed by atoms with Crippen LogP contribution in [0.5, 0.6) is 0 Å². The summed E-state index contributed by atoms with van der Waals surface area (Å²) in [5.74, 6) is -2.03. The molecule has 1 aromatic heterocycles. The third-order valence-electron chi connectivity index (χ3n) is 3.20. The van der Waals surface area contributed by atoms with E-state index in [1.165, 1.54) is 11.3 Å². The number of hydrogen-bond donors (Lipinski definition) is 3. The van der Waals surface area contributed by atoms with Gasteiger partial charge in [0.15, 0.2) is 0 Å². The maximum atomic E-state index is 11.9. The van der Waals surface area contributed by atoms with Crippen LogP contribution in [0.3, 0.4) is 0 Å². The summed E-state index contributed by atoms with van der Waals surface area (Å²) in [5, 5.41) is 17.8. The average Bonchev–Trinajstić information content (AvgIpc) is 2.96. The first-order valence-electron chi connectivity index (χ1n) is 7.13. The monoisotopic (exact) mass is 326 g/mol. The van der Waals surface area contributed by atoms with Crippen LogP contribution in [0.1, 0.15) is 38.7 Å². The maximum absolute atomic E-state index is 11.9. The van der Waals surface area contributed by atoms with Crippen molar-refractivity contribution in [2.45, 2.75) is 39.2 Å². The molecule has 0 radical (unpaired) electrons. The van der Waals surface area contributed by atoms with Crippen molar-refractivity contribution in [1.82, 2.24) is 10.6 Å². The van der Waals surface area contributed by atoms with E-state index in [2.05, 4.69) is 10.6 Å². The first-order valence-corrected chi connectivity index (χ1v) is 8.07. The van der Waals surface area contributed by atoms with Crippen molar-refractivity contribution in [3.63, 3.8) is 0 Å². The molecule has 3 N–H and O–H groups in total. The Hall–Kier alpha value is -1.89. The molecule has 2 amide bonds. The second-order valence-electron chi connectivity index (χ2n) is 5.58. The lowest BCUT2D eigenvalue weighted by atomic mass is 10.0. The molecule has 0 fully saturated rings. The summed E-state index contributed by atoms with van der Waals surface area (Å²) in [6.07, 6.45) is 0.348. The summed E-state index contributed by atoms with van der Waals surface area (Å²) < 4.78 is 0. The largest absolute Gasteiger partial charge is 0.480 e. The molecule has 0 aliphatic heterocycles. The summed E-state index contributed by atoms with van der Waals surface area (Å²) >= 11 is 1.50. The van der Waals surface area contributed by atoms with Crippen molar-refractivity contribution in [3.8, 4) is 0 Å². The number of hydrogen-bond acceptors (Lipinski definition) is 4. The minimum absolute atomic E-state index is 0.148. The van der Waals surface area contributed by atoms with Gasteiger partial charge in [0.1, 0.15) is 6.04 Å². The van der Waals surface area contributed by atoms with Crippen LogP contribution in [0, 0.1) is 5.92 Å². The molecule has 1 rings (SSSR count). The van der Waals surface area contributed by atoms with Crippen molar-refractivity contribution in [2.24, 2.45) is 5.92 Å². The van der Waals surface area contributed by atoms with Gasteiger partial charge in [0.05, 0.1) is 12.5 Å². The Kier molecular flexibility index (Phi) is 7.04. The van der Waals surface area contributed by atoms with Crippen LogP contribution >= 0.6 is 11.3 Å². The second-order valence-corrected chi connectivity index (χ2v) is 6.36. The topological polar surface area (TPSA) is 95.5 Å². The number of aliphatic carboxylic acids is 1. The van der Waals surface area contributed by atoms with Crippen LogP contribution in [-0.4, -0.2) is 35.5 Å². The van der Waals surface area contributed by atoms with Crippen LogP contribution < -0.4 is 10.6 Å². The van der Waals surface area contributed by atoms with E-state index in [1.807, 2.05) is 30.7 Å². The number of thiophene rings is 1. The zero-order valence-electron chi connectivity index (χ0n) is 13.0. The third-order valence-corrected chi connectivity index (χ3v) is 3.90. The zero-order valence-corrected chi connectivity index (χ0v) is 13.8. The number of carboxylic acid groups (broad SMARTS) is 1. The van der Waals surface area contributed by atoms with E-state index in [0.29, 0.717) is 6.42 Å². The number of amides is 2.